The number of nitrogens with two attached hydrogens (primary N) is 1. The van der Waals surface area contributed by atoms with Gasteiger partial charge >= 0.3 is 0 Å². The van der Waals surface area contributed by atoms with Crippen LogP contribution in [0.25, 0.3) is 0 Å². The van der Waals surface area contributed by atoms with Gasteiger partial charge in [-0.1, -0.05) is 19.9 Å². The molecule has 0 saturated carbocycles. The van der Waals surface area contributed by atoms with Crippen LogP contribution < -0.4 is 5.73 Å². The van der Waals surface area contributed by atoms with E-state index in [1.165, 1.54) is 17.5 Å². The highest BCUT2D eigenvalue weighted by Gasteiger charge is 2.22. The van der Waals surface area contributed by atoms with Gasteiger partial charge in [0.2, 0.25) is 0 Å². The van der Waals surface area contributed by atoms with Crippen molar-refractivity contribution >= 4 is 5.91 Å². The van der Waals surface area contributed by atoms with Crippen LogP contribution in [0.3, 0.4) is 0 Å². The summed E-state index contributed by atoms with van der Waals surface area (Å²) < 4.78 is 0. The molecule has 1 aromatic carbocycles. The molecule has 3 nitrogen and oxygen atoms in total. The van der Waals surface area contributed by atoms with Gasteiger partial charge in [0.15, 0.2) is 0 Å². The average molecular weight is 260 g/mol. The van der Waals surface area contributed by atoms with E-state index in [0.29, 0.717) is 13.1 Å². The number of amides is 1. The number of carbonyl (C=O) groups excluding carboxylic acids is 1. The first-order valence-corrected chi connectivity index (χ1v) is 7.00. The molecule has 0 radical (unpaired) electrons. The number of carbonyl (C=O) groups is 1. The fourth-order valence-corrected chi connectivity index (χ4v) is 2.70. The Kier molecular flexibility index (Phi) is 3.95. The number of rotatable bonds is 4. The Morgan fingerprint density at radius 3 is 2.68 bits per heavy atom. The zero-order valence-electron chi connectivity index (χ0n) is 12.2. The van der Waals surface area contributed by atoms with Gasteiger partial charge in [0.1, 0.15) is 0 Å². The third-order valence-electron chi connectivity index (χ3n) is 3.91. The van der Waals surface area contributed by atoms with Crippen LogP contribution in [0.5, 0.6) is 0 Å². The second-order valence-electron chi connectivity index (χ2n) is 6.37. The van der Waals surface area contributed by atoms with Crippen molar-refractivity contribution in [1.82, 2.24) is 4.90 Å². The molecule has 0 heterocycles. The summed E-state index contributed by atoms with van der Waals surface area (Å²) in [5.74, 6) is 0.0937. The number of benzene rings is 1. The van der Waals surface area contributed by atoms with E-state index in [1.807, 2.05) is 13.1 Å². The van der Waals surface area contributed by atoms with Crippen molar-refractivity contribution in [3.8, 4) is 0 Å². The molecule has 0 aliphatic heterocycles. The standard InChI is InChI=1S/C16H24N2O/c1-16(2,10-17)11-18(3)15(19)14-8-7-12-5-4-6-13(12)9-14/h7-9H,4-6,10-11,17H2,1-3H3. The molecule has 104 valence electrons. The summed E-state index contributed by atoms with van der Waals surface area (Å²) in [6.07, 6.45) is 3.47. The molecule has 0 atom stereocenters. The zero-order chi connectivity index (χ0) is 14.0. The highest BCUT2D eigenvalue weighted by Crippen LogP contribution is 2.24. The van der Waals surface area contributed by atoms with Crippen molar-refractivity contribution in [1.29, 1.82) is 0 Å². The van der Waals surface area contributed by atoms with E-state index in [9.17, 15) is 4.79 Å². The number of hydrogen-bond donors (Lipinski definition) is 1. The lowest BCUT2D eigenvalue weighted by Gasteiger charge is -2.29. The van der Waals surface area contributed by atoms with Crippen LogP contribution in [-0.4, -0.2) is 30.9 Å². The Morgan fingerprint density at radius 1 is 1.32 bits per heavy atom. The van der Waals surface area contributed by atoms with Gasteiger partial charge < -0.3 is 10.6 Å². The molecule has 2 rings (SSSR count). The van der Waals surface area contributed by atoms with Crippen LogP contribution >= 0.6 is 0 Å². The van der Waals surface area contributed by atoms with Gasteiger partial charge in [0.05, 0.1) is 0 Å². The van der Waals surface area contributed by atoms with E-state index in [1.54, 1.807) is 4.90 Å². The predicted octanol–water partition coefficient (Wildman–Crippen LogP) is 2.23. The fourth-order valence-electron chi connectivity index (χ4n) is 2.70. The molecular weight excluding hydrogens is 236 g/mol. The maximum Gasteiger partial charge on any atom is 0.253 e. The lowest BCUT2D eigenvalue weighted by molar-refractivity contribution is 0.0740. The molecule has 0 fully saturated rings. The highest BCUT2D eigenvalue weighted by molar-refractivity contribution is 5.94. The van der Waals surface area contributed by atoms with Gasteiger partial charge in [-0.15, -0.1) is 0 Å². The second kappa shape index (κ2) is 5.33. The Bertz CT molecular complexity index is 480. The summed E-state index contributed by atoms with van der Waals surface area (Å²) in [5, 5.41) is 0. The number of nitrogens with zero attached hydrogens (tertiary/aromatic N) is 1. The van der Waals surface area contributed by atoms with Crippen LogP contribution in [0, 0.1) is 5.41 Å². The number of fused-ring (bicyclic) bond motifs is 1. The minimum Gasteiger partial charge on any atom is -0.341 e. The van der Waals surface area contributed by atoms with Gasteiger partial charge in [0.25, 0.3) is 5.91 Å². The summed E-state index contributed by atoms with van der Waals surface area (Å²) in [7, 11) is 1.85. The number of hydrogen-bond acceptors (Lipinski definition) is 2. The quantitative estimate of drug-likeness (QED) is 0.902. The van der Waals surface area contributed by atoms with E-state index in [-0.39, 0.29) is 11.3 Å². The van der Waals surface area contributed by atoms with Crippen LogP contribution in [-0.2, 0) is 12.8 Å². The smallest absolute Gasteiger partial charge is 0.253 e. The molecule has 1 amide bonds. The summed E-state index contributed by atoms with van der Waals surface area (Å²) in [6.45, 7) is 5.42. The molecule has 1 aliphatic carbocycles. The zero-order valence-corrected chi connectivity index (χ0v) is 12.2. The summed E-state index contributed by atoms with van der Waals surface area (Å²) in [4.78, 5) is 14.2. The normalized spacial score (nSPS) is 14.3. The molecule has 0 aromatic heterocycles. The molecule has 1 aliphatic rings. The number of aryl methyl sites for hydroxylation is 2. The van der Waals surface area contributed by atoms with Crippen molar-refractivity contribution < 1.29 is 4.79 Å². The van der Waals surface area contributed by atoms with Crippen molar-refractivity contribution in [2.75, 3.05) is 20.1 Å². The molecular formula is C16H24N2O. The van der Waals surface area contributed by atoms with Gasteiger partial charge in [-0.2, -0.15) is 0 Å². The maximum absolute atomic E-state index is 12.4. The van der Waals surface area contributed by atoms with Crippen LogP contribution in [0.2, 0.25) is 0 Å². The maximum atomic E-state index is 12.4. The first-order chi connectivity index (χ1) is 8.93. The van der Waals surface area contributed by atoms with Crippen molar-refractivity contribution in [2.24, 2.45) is 11.1 Å². The Labute approximate surface area is 115 Å². The van der Waals surface area contributed by atoms with E-state index in [2.05, 4.69) is 26.0 Å². The second-order valence-corrected chi connectivity index (χ2v) is 6.37. The van der Waals surface area contributed by atoms with Crippen molar-refractivity contribution in [3.63, 3.8) is 0 Å². The third-order valence-corrected chi connectivity index (χ3v) is 3.91. The lowest BCUT2D eigenvalue weighted by atomic mass is 9.93. The Morgan fingerprint density at radius 2 is 2.00 bits per heavy atom. The first-order valence-electron chi connectivity index (χ1n) is 7.00. The summed E-state index contributed by atoms with van der Waals surface area (Å²) in [5.41, 5.74) is 9.24. The van der Waals surface area contributed by atoms with Crippen LogP contribution in [0.4, 0.5) is 0 Å². The summed E-state index contributed by atoms with van der Waals surface area (Å²) in [6, 6.07) is 6.13. The van der Waals surface area contributed by atoms with E-state index >= 15 is 0 Å². The third kappa shape index (κ3) is 3.16. The fraction of sp³-hybridized carbons (Fsp3) is 0.562. The molecule has 3 heteroatoms. The first kappa shape index (κ1) is 14.1. The van der Waals surface area contributed by atoms with E-state index < -0.39 is 0 Å². The lowest BCUT2D eigenvalue weighted by Crippen LogP contribution is -2.39. The molecule has 0 unspecified atom stereocenters. The van der Waals surface area contributed by atoms with E-state index in [0.717, 1.165) is 18.4 Å². The Hall–Kier alpha value is -1.35. The average Bonchev–Trinajstić information content (AvgIpc) is 2.84. The van der Waals surface area contributed by atoms with Crippen molar-refractivity contribution in [2.45, 2.75) is 33.1 Å². The molecule has 0 saturated heterocycles. The highest BCUT2D eigenvalue weighted by atomic mass is 16.2. The van der Waals surface area contributed by atoms with Crippen LogP contribution in [0.15, 0.2) is 18.2 Å². The van der Waals surface area contributed by atoms with E-state index in [4.69, 9.17) is 5.73 Å². The SMILES string of the molecule is CN(CC(C)(C)CN)C(=O)c1ccc2c(c1)CCC2. The molecule has 0 bridgehead atoms. The molecule has 2 N–H and O–H groups in total. The minimum atomic E-state index is -0.0405. The molecule has 19 heavy (non-hydrogen) atoms. The predicted molar refractivity (Wildman–Crippen MR) is 78.3 cm³/mol. The molecule has 1 aromatic rings. The summed E-state index contributed by atoms with van der Waals surface area (Å²) >= 11 is 0. The van der Waals surface area contributed by atoms with Gasteiger partial charge in [-0.05, 0) is 54.5 Å². The van der Waals surface area contributed by atoms with Gasteiger partial charge in [0, 0.05) is 19.2 Å². The molecule has 0 spiro atoms. The Balaban J connectivity index is 2.11. The topological polar surface area (TPSA) is 46.3 Å². The van der Waals surface area contributed by atoms with Gasteiger partial charge in [-0.3, -0.25) is 4.79 Å². The largest absolute Gasteiger partial charge is 0.341 e. The van der Waals surface area contributed by atoms with Gasteiger partial charge in [-0.25, -0.2) is 0 Å². The van der Waals surface area contributed by atoms with Crippen molar-refractivity contribution in [3.05, 3.63) is 34.9 Å². The minimum absolute atomic E-state index is 0.0405. The monoisotopic (exact) mass is 260 g/mol. The van der Waals surface area contributed by atoms with Crippen LogP contribution in [0.1, 0.15) is 41.8 Å².